The van der Waals surface area contributed by atoms with Gasteiger partial charge < -0.3 is 39.7 Å². The molecule has 2 aromatic rings. The largest absolute Gasteiger partial charge is 0.508 e. The Bertz CT molecular complexity index is 896. The summed E-state index contributed by atoms with van der Waals surface area (Å²) >= 11 is 0. The van der Waals surface area contributed by atoms with Gasteiger partial charge in [0, 0.05) is 11.6 Å². The molecule has 0 radical (unpaired) electrons. The lowest BCUT2D eigenvalue weighted by Gasteiger charge is -2.41. The van der Waals surface area contributed by atoms with Gasteiger partial charge >= 0.3 is 5.97 Å². The Labute approximate surface area is 178 Å². The van der Waals surface area contributed by atoms with Gasteiger partial charge in [0.2, 0.25) is 6.29 Å². The number of benzene rings is 2. The molecule has 0 saturated carbocycles. The number of carbonyl (C=O) groups excluding carboxylic acids is 1. The highest BCUT2D eigenvalue weighted by atomic mass is 16.7. The lowest BCUT2D eigenvalue weighted by Crippen LogP contribution is -2.61. The highest BCUT2D eigenvalue weighted by Crippen LogP contribution is 2.28. The third-order valence-corrected chi connectivity index (χ3v) is 4.77. The second-order valence-electron chi connectivity index (χ2n) is 6.92. The van der Waals surface area contributed by atoms with Crippen molar-refractivity contribution in [3.63, 3.8) is 0 Å². The van der Waals surface area contributed by atoms with Crippen LogP contribution in [-0.2, 0) is 20.9 Å². The van der Waals surface area contributed by atoms with Gasteiger partial charge in [-0.05, 0) is 29.8 Å². The number of aliphatic hydroxyl groups is 4. The van der Waals surface area contributed by atoms with E-state index < -0.39 is 43.3 Å². The molecule has 1 saturated heterocycles. The number of aliphatic hydroxyl groups excluding tert-OH is 4. The first-order chi connectivity index (χ1) is 14.9. The van der Waals surface area contributed by atoms with Gasteiger partial charge in [-0.1, -0.05) is 30.3 Å². The van der Waals surface area contributed by atoms with Crippen molar-refractivity contribution in [2.24, 2.45) is 0 Å². The van der Waals surface area contributed by atoms with Crippen molar-refractivity contribution in [3.8, 4) is 11.5 Å². The van der Waals surface area contributed by atoms with E-state index in [0.717, 1.165) is 6.08 Å². The summed E-state index contributed by atoms with van der Waals surface area (Å²) in [5.74, 6) is -0.527. The molecule has 1 fully saturated rings. The highest BCUT2D eigenvalue weighted by molar-refractivity contribution is 5.87. The Kier molecular flexibility index (Phi) is 7.61. The zero-order chi connectivity index (χ0) is 22.4. The molecule has 1 heterocycles. The molecular formula is C22H24O9. The van der Waals surface area contributed by atoms with E-state index >= 15 is 0 Å². The number of phenolic OH excluding ortho intramolecular Hbond substituents is 1. The Morgan fingerprint density at radius 2 is 1.74 bits per heavy atom. The topological polar surface area (TPSA) is 146 Å². The van der Waals surface area contributed by atoms with Gasteiger partial charge in [0.15, 0.2) is 12.2 Å². The lowest BCUT2D eigenvalue weighted by atomic mass is 9.99. The summed E-state index contributed by atoms with van der Waals surface area (Å²) in [4.78, 5) is 12.2. The number of carbonyl (C=O) groups is 1. The molecule has 1 aliphatic rings. The predicted octanol–water partition coefficient (Wildman–Crippen LogP) is 0.327. The third kappa shape index (κ3) is 5.60. The van der Waals surface area contributed by atoms with Gasteiger partial charge in [-0.15, -0.1) is 0 Å². The first-order valence-electron chi connectivity index (χ1n) is 9.58. The number of aromatic hydroxyl groups is 1. The van der Waals surface area contributed by atoms with Crippen LogP contribution >= 0.6 is 0 Å². The van der Waals surface area contributed by atoms with E-state index in [0.29, 0.717) is 11.1 Å². The molecule has 1 aliphatic heterocycles. The Balaban J connectivity index is 1.72. The molecule has 166 valence electrons. The second-order valence-corrected chi connectivity index (χ2v) is 6.92. The molecule has 0 aliphatic carbocycles. The molecule has 9 heteroatoms. The minimum atomic E-state index is -1.57. The Morgan fingerprint density at radius 1 is 1.03 bits per heavy atom. The minimum Gasteiger partial charge on any atom is -0.508 e. The van der Waals surface area contributed by atoms with Crippen LogP contribution in [0.15, 0.2) is 54.6 Å². The van der Waals surface area contributed by atoms with Crippen LogP contribution in [0.3, 0.4) is 0 Å². The summed E-state index contributed by atoms with van der Waals surface area (Å²) < 4.78 is 16.3. The van der Waals surface area contributed by atoms with E-state index in [9.17, 15) is 30.3 Å². The van der Waals surface area contributed by atoms with Crippen LogP contribution in [0, 0.1) is 0 Å². The molecule has 31 heavy (non-hydrogen) atoms. The number of para-hydroxylation sites is 1. The van der Waals surface area contributed by atoms with Crippen molar-refractivity contribution < 1.29 is 44.5 Å². The summed E-state index contributed by atoms with van der Waals surface area (Å²) in [6, 6.07) is 12.6. The number of hydrogen-bond acceptors (Lipinski definition) is 9. The average molecular weight is 432 g/mol. The summed E-state index contributed by atoms with van der Waals surface area (Å²) in [7, 11) is 0. The fraction of sp³-hybridized carbons (Fsp3) is 0.318. The maximum absolute atomic E-state index is 12.2. The van der Waals surface area contributed by atoms with Crippen molar-refractivity contribution in [2.75, 3.05) is 6.61 Å². The van der Waals surface area contributed by atoms with Gasteiger partial charge in [-0.3, -0.25) is 0 Å². The quantitative estimate of drug-likeness (QED) is 0.308. The van der Waals surface area contributed by atoms with Crippen molar-refractivity contribution in [1.82, 2.24) is 0 Å². The van der Waals surface area contributed by atoms with E-state index in [1.54, 1.807) is 36.4 Å². The molecule has 5 N–H and O–H groups in total. The van der Waals surface area contributed by atoms with Gasteiger partial charge in [0.1, 0.15) is 23.7 Å². The summed E-state index contributed by atoms with van der Waals surface area (Å²) in [5, 5.41) is 49.2. The summed E-state index contributed by atoms with van der Waals surface area (Å²) in [6.45, 7) is -0.918. The van der Waals surface area contributed by atoms with Gasteiger partial charge in [0.05, 0.1) is 13.2 Å². The fourth-order valence-electron chi connectivity index (χ4n) is 3.09. The van der Waals surface area contributed by atoms with E-state index in [4.69, 9.17) is 14.2 Å². The third-order valence-electron chi connectivity index (χ3n) is 4.77. The monoisotopic (exact) mass is 432 g/mol. The van der Waals surface area contributed by atoms with E-state index in [2.05, 4.69) is 0 Å². The van der Waals surface area contributed by atoms with Crippen molar-refractivity contribution in [1.29, 1.82) is 0 Å². The Hall–Kier alpha value is -2.95. The van der Waals surface area contributed by atoms with E-state index in [-0.39, 0.29) is 18.1 Å². The molecule has 0 unspecified atom stereocenters. The van der Waals surface area contributed by atoms with Crippen LogP contribution in [0.25, 0.3) is 6.08 Å². The molecule has 0 amide bonds. The van der Waals surface area contributed by atoms with Crippen LogP contribution in [-0.4, -0.2) is 68.8 Å². The number of esters is 1. The van der Waals surface area contributed by atoms with Crippen molar-refractivity contribution >= 4 is 12.0 Å². The maximum atomic E-state index is 12.2. The SMILES string of the molecule is O=C(C=Cc1ccc(O)cc1)O[C@@H]1[C@@H](O)[C@H](Oc2ccccc2CO)O[C@H](CO)[C@H]1O. The molecule has 0 spiro atoms. The first-order valence-corrected chi connectivity index (χ1v) is 9.58. The molecule has 2 aromatic carbocycles. The van der Waals surface area contributed by atoms with E-state index in [1.807, 2.05) is 0 Å². The normalized spacial score (nSPS) is 26.0. The van der Waals surface area contributed by atoms with Crippen LogP contribution in [0.5, 0.6) is 11.5 Å². The van der Waals surface area contributed by atoms with Crippen molar-refractivity contribution in [3.05, 3.63) is 65.7 Å². The van der Waals surface area contributed by atoms with Crippen LogP contribution in [0.1, 0.15) is 11.1 Å². The summed E-state index contributed by atoms with van der Waals surface area (Å²) in [6.07, 6.45) is -4.51. The lowest BCUT2D eigenvalue weighted by molar-refractivity contribution is -0.280. The smallest absolute Gasteiger partial charge is 0.331 e. The zero-order valence-corrected chi connectivity index (χ0v) is 16.4. The summed E-state index contributed by atoms with van der Waals surface area (Å²) in [5.41, 5.74) is 1.06. The van der Waals surface area contributed by atoms with Gasteiger partial charge in [0.25, 0.3) is 0 Å². The highest BCUT2D eigenvalue weighted by Gasteiger charge is 2.47. The molecule has 5 atom stereocenters. The van der Waals surface area contributed by atoms with Crippen LogP contribution < -0.4 is 4.74 Å². The number of phenols is 1. The molecule has 3 rings (SSSR count). The predicted molar refractivity (Wildman–Crippen MR) is 108 cm³/mol. The fourth-order valence-corrected chi connectivity index (χ4v) is 3.09. The average Bonchev–Trinajstić information content (AvgIpc) is 2.78. The van der Waals surface area contributed by atoms with E-state index in [1.165, 1.54) is 18.2 Å². The van der Waals surface area contributed by atoms with Crippen LogP contribution in [0.2, 0.25) is 0 Å². The molecular weight excluding hydrogens is 408 g/mol. The molecule has 0 aromatic heterocycles. The second kappa shape index (κ2) is 10.4. The molecule has 9 nitrogen and oxygen atoms in total. The zero-order valence-electron chi connectivity index (χ0n) is 16.4. The maximum Gasteiger partial charge on any atom is 0.331 e. The number of ether oxygens (including phenoxy) is 3. The van der Waals surface area contributed by atoms with Crippen LogP contribution in [0.4, 0.5) is 0 Å². The van der Waals surface area contributed by atoms with Gasteiger partial charge in [-0.2, -0.15) is 0 Å². The minimum absolute atomic E-state index is 0.0806. The number of hydrogen-bond donors (Lipinski definition) is 5. The number of rotatable bonds is 7. The Morgan fingerprint density at radius 3 is 2.42 bits per heavy atom. The standard InChI is InChI=1S/C22H24O9/c23-11-14-3-1-2-4-16(14)29-22-20(28)21(19(27)17(12-24)30-22)31-18(26)10-7-13-5-8-15(25)9-6-13/h1-10,17,19-25,27-28H,11-12H2/t17-,19-,20-,21+,22-/m1/s1. The molecule has 0 bridgehead atoms. The van der Waals surface area contributed by atoms with Gasteiger partial charge in [-0.25, -0.2) is 4.79 Å². The first kappa shape index (κ1) is 22.7. The van der Waals surface area contributed by atoms with Crippen molar-refractivity contribution in [2.45, 2.75) is 37.3 Å².